The van der Waals surface area contributed by atoms with Gasteiger partial charge in [0.2, 0.25) is 5.91 Å². The van der Waals surface area contributed by atoms with Crippen molar-refractivity contribution in [2.75, 3.05) is 11.1 Å². The largest absolute Gasteiger partial charge is 0.325 e. The van der Waals surface area contributed by atoms with Gasteiger partial charge in [0, 0.05) is 16.5 Å². The molecule has 1 amide bonds. The topological polar surface area (TPSA) is 29.1 Å². The Kier molecular flexibility index (Phi) is 4.51. The maximum atomic E-state index is 12.9. The van der Waals surface area contributed by atoms with Gasteiger partial charge < -0.3 is 5.32 Å². The lowest BCUT2D eigenvalue weighted by molar-refractivity contribution is -0.113. The quantitative estimate of drug-likeness (QED) is 0.901. The van der Waals surface area contributed by atoms with Crippen LogP contribution >= 0.6 is 11.8 Å². The second-order valence-corrected chi connectivity index (χ2v) is 6.38. The summed E-state index contributed by atoms with van der Waals surface area (Å²) in [5, 5.41) is 2.52. The molecule has 0 atom stereocenters. The molecular formula is C12H15F2NOS. The predicted octanol–water partition coefficient (Wildman–Crippen LogP) is 3.44. The number of nitrogens with one attached hydrogen (secondary N) is 1. The number of carbonyl (C=O) groups is 1. The van der Waals surface area contributed by atoms with E-state index >= 15 is 0 Å². The van der Waals surface area contributed by atoms with Gasteiger partial charge in [-0.25, -0.2) is 8.78 Å². The highest BCUT2D eigenvalue weighted by molar-refractivity contribution is 8.01. The van der Waals surface area contributed by atoms with Gasteiger partial charge >= 0.3 is 0 Å². The smallest absolute Gasteiger partial charge is 0.234 e. The van der Waals surface area contributed by atoms with E-state index in [4.69, 9.17) is 0 Å². The van der Waals surface area contributed by atoms with Crippen LogP contribution in [0.2, 0.25) is 0 Å². The number of thioether (sulfide) groups is 1. The molecule has 0 aromatic heterocycles. The zero-order valence-corrected chi connectivity index (χ0v) is 10.8. The van der Waals surface area contributed by atoms with Gasteiger partial charge in [-0.1, -0.05) is 20.8 Å². The average Bonchev–Trinajstić information content (AvgIpc) is 2.20. The zero-order valence-electron chi connectivity index (χ0n) is 10.0. The minimum Gasteiger partial charge on any atom is -0.325 e. The molecular weight excluding hydrogens is 244 g/mol. The molecule has 1 aromatic rings. The summed E-state index contributed by atoms with van der Waals surface area (Å²) in [6.45, 7) is 6.01. The first-order valence-electron chi connectivity index (χ1n) is 5.17. The fourth-order valence-corrected chi connectivity index (χ4v) is 1.69. The summed E-state index contributed by atoms with van der Waals surface area (Å²) in [4.78, 5) is 11.5. The normalized spacial score (nSPS) is 11.4. The zero-order chi connectivity index (χ0) is 13.1. The third-order valence-corrected chi connectivity index (χ3v) is 3.11. The highest BCUT2D eigenvalue weighted by Crippen LogP contribution is 2.23. The van der Waals surface area contributed by atoms with Gasteiger partial charge in [-0.3, -0.25) is 4.79 Å². The summed E-state index contributed by atoms with van der Waals surface area (Å²) in [6, 6.07) is 3.29. The van der Waals surface area contributed by atoms with E-state index in [9.17, 15) is 13.6 Å². The molecule has 0 aliphatic heterocycles. The molecule has 0 aliphatic rings. The van der Waals surface area contributed by atoms with Crippen LogP contribution in [0, 0.1) is 11.6 Å². The van der Waals surface area contributed by atoms with Gasteiger partial charge in [-0.05, 0) is 12.1 Å². The first-order valence-corrected chi connectivity index (χ1v) is 6.15. The second-order valence-electron chi connectivity index (χ2n) is 4.58. The van der Waals surface area contributed by atoms with Gasteiger partial charge in [0.1, 0.15) is 0 Å². The summed E-state index contributed by atoms with van der Waals surface area (Å²) in [5.74, 6) is -1.84. The van der Waals surface area contributed by atoms with E-state index in [0.29, 0.717) is 0 Å². The fourth-order valence-electron chi connectivity index (χ4n) is 1.05. The van der Waals surface area contributed by atoms with Crippen LogP contribution in [0.25, 0.3) is 0 Å². The molecule has 1 rings (SSSR count). The van der Waals surface area contributed by atoms with E-state index in [-0.39, 0.29) is 22.1 Å². The van der Waals surface area contributed by atoms with Crippen LogP contribution in [0.5, 0.6) is 0 Å². The van der Waals surface area contributed by atoms with Gasteiger partial charge in [-0.15, -0.1) is 11.8 Å². The summed E-state index contributed by atoms with van der Waals surface area (Å²) in [5.41, 5.74) is 0.267. The number of hydrogen-bond acceptors (Lipinski definition) is 2. The number of carbonyl (C=O) groups excluding carboxylic acids is 1. The molecule has 0 bridgehead atoms. The summed E-state index contributed by atoms with van der Waals surface area (Å²) in [7, 11) is 0. The van der Waals surface area contributed by atoms with E-state index in [1.54, 1.807) is 0 Å². The van der Waals surface area contributed by atoms with Crippen LogP contribution in [0.4, 0.5) is 14.5 Å². The van der Waals surface area contributed by atoms with Crippen molar-refractivity contribution in [3.8, 4) is 0 Å². The van der Waals surface area contributed by atoms with Crippen LogP contribution in [0.1, 0.15) is 20.8 Å². The monoisotopic (exact) mass is 259 g/mol. The number of rotatable bonds is 3. The molecule has 0 heterocycles. The molecule has 5 heteroatoms. The number of amides is 1. The highest BCUT2D eigenvalue weighted by Gasteiger charge is 2.13. The molecule has 1 aromatic carbocycles. The molecule has 0 saturated heterocycles. The summed E-state index contributed by atoms with van der Waals surface area (Å²) >= 11 is 1.49. The van der Waals surface area contributed by atoms with Gasteiger partial charge in [0.15, 0.2) is 11.6 Å². The first-order chi connectivity index (χ1) is 7.78. The Hall–Kier alpha value is -1.10. The van der Waals surface area contributed by atoms with Crippen molar-refractivity contribution >= 4 is 23.4 Å². The van der Waals surface area contributed by atoms with Gasteiger partial charge in [0.05, 0.1) is 5.75 Å². The van der Waals surface area contributed by atoms with E-state index < -0.39 is 11.6 Å². The average molecular weight is 259 g/mol. The minimum atomic E-state index is -0.966. The molecule has 17 heavy (non-hydrogen) atoms. The van der Waals surface area contributed by atoms with Crippen LogP contribution in [-0.4, -0.2) is 16.4 Å². The van der Waals surface area contributed by atoms with E-state index in [0.717, 1.165) is 12.1 Å². The van der Waals surface area contributed by atoms with Crippen LogP contribution in [0.15, 0.2) is 18.2 Å². The summed E-state index contributed by atoms with van der Waals surface area (Å²) < 4.78 is 25.5. The number of benzene rings is 1. The summed E-state index contributed by atoms with van der Waals surface area (Å²) in [6.07, 6.45) is 0. The second kappa shape index (κ2) is 5.49. The predicted molar refractivity (Wildman–Crippen MR) is 67.2 cm³/mol. The lowest BCUT2D eigenvalue weighted by Crippen LogP contribution is -2.19. The third-order valence-electron chi connectivity index (χ3n) is 1.84. The molecule has 0 unspecified atom stereocenters. The number of hydrogen-bond donors (Lipinski definition) is 1. The highest BCUT2D eigenvalue weighted by atomic mass is 32.2. The minimum absolute atomic E-state index is 0.00855. The Morgan fingerprint density at radius 1 is 1.29 bits per heavy atom. The molecule has 1 N–H and O–H groups in total. The number of anilines is 1. The molecule has 0 aliphatic carbocycles. The van der Waals surface area contributed by atoms with E-state index in [1.165, 1.54) is 17.8 Å². The third kappa shape index (κ3) is 5.17. The maximum Gasteiger partial charge on any atom is 0.234 e. The molecule has 94 valence electrons. The van der Waals surface area contributed by atoms with E-state index in [2.05, 4.69) is 5.32 Å². The molecule has 0 saturated carbocycles. The van der Waals surface area contributed by atoms with Crippen LogP contribution < -0.4 is 5.32 Å². The van der Waals surface area contributed by atoms with E-state index in [1.807, 2.05) is 20.8 Å². The Balaban J connectivity index is 2.54. The lowest BCUT2D eigenvalue weighted by Gasteiger charge is -2.16. The molecule has 0 spiro atoms. The Morgan fingerprint density at radius 2 is 1.94 bits per heavy atom. The Bertz CT molecular complexity index is 415. The first kappa shape index (κ1) is 14.0. The number of halogens is 2. The van der Waals surface area contributed by atoms with Crippen LogP contribution in [-0.2, 0) is 4.79 Å². The fraction of sp³-hybridized carbons (Fsp3) is 0.417. The maximum absolute atomic E-state index is 12.9. The molecule has 2 nitrogen and oxygen atoms in total. The molecule has 0 radical (unpaired) electrons. The Morgan fingerprint density at radius 3 is 2.47 bits per heavy atom. The van der Waals surface area contributed by atoms with Crippen molar-refractivity contribution in [1.29, 1.82) is 0 Å². The van der Waals surface area contributed by atoms with Gasteiger partial charge in [-0.2, -0.15) is 0 Å². The van der Waals surface area contributed by atoms with Gasteiger partial charge in [0.25, 0.3) is 0 Å². The lowest BCUT2D eigenvalue weighted by atomic mass is 10.3. The van der Waals surface area contributed by atoms with Crippen molar-refractivity contribution in [1.82, 2.24) is 0 Å². The Labute approximate surface area is 104 Å². The van der Waals surface area contributed by atoms with Crippen molar-refractivity contribution < 1.29 is 13.6 Å². The van der Waals surface area contributed by atoms with Crippen molar-refractivity contribution in [3.05, 3.63) is 29.8 Å². The van der Waals surface area contributed by atoms with Crippen molar-refractivity contribution in [2.45, 2.75) is 25.5 Å². The molecule has 0 fully saturated rings. The van der Waals surface area contributed by atoms with Crippen molar-refractivity contribution in [3.63, 3.8) is 0 Å². The van der Waals surface area contributed by atoms with Crippen LogP contribution in [0.3, 0.4) is 0 Å². The van der Waals surface area contributed by atoms with Crippen molar-refractivity contribution in [2.24, 2.45) is 0 Å². The SMILES string of the molecule is CC(C)(C)SCC(=O)Nc1ccc(F)c(F)c1. The standard InChI is InChI=1S/C12H15F2NOS/c1-12(2,3)17-7-11(16)15-8-4-5-9(13)10(14)6-8/h4-6H,7H2,1-3H3,(H,15,16).